The molecule has 2 rings (SSSR count). The highest BCUT2D eigenvalue weighted by Gasteiger charge is 2.32. The second-order valence-electron chi connectivity index (χ2n) is 4.54. The maximum Gasteiger partial charge on any atom is 0.419 e. The van der Waals surface area contributed by atoms with Gasteiger partial charge in [-0.2, -0.15) is 18.3 Å². The molecule has 0 saturated carbocycles. The minimum atomic E-state index is -4.35. The zero-order valence-electron chi connectivity index (χ0n) is 11.3. The average Bonchev–Trinajstić information content (AvgIpc) is 2.93. The molecule has 0 amide bonds. The highest BCUT2D eigenvalue weighted by molar-refractivity contribution is 5.27. The smallest absolute Gasteiger partial charge is 0.419 e. The minimum absolute atomic E-state index is 0.372. The van der Waals surface area contributed by atoms with Gasteiger partial charge in [-0.25, -0.2) is 0 Å². The first kappa shape index (κ1) is 15.4. The van der Waals surface area contributed by atoms with Gasteiger partial charge >= 0.3 is 6.18 Å². The topological polar surface area (TPSA) is 53.1 Å². The van der Waals surface area contributed by atoms with Gasteiger partial charge in [-0.05, 0) is 17.7 Å². The van der Waals surface area contributed by atoms with Gasteiger partial charge in [-0.3, -0.25) is 4.68 Å². The van der Waals surface area contributed by atoms with Crippen molar-refractivity contribution in [2.75, 3.05) is 6.61 Å². The van der Waals surface area contributed by atoms with Gasteiger partial charge in [0.05, 0.1) is 18.4 Å². The first-order chi connectivity index (χ1) is 9.99. The normalized spacial score (nSPS) is 11.6. The second-order valence-corrected chi connectivity index (χ2v) is 4.54. The Morgan fingerprint density at radius 3 is 2.48 bits per heavy atom. The fraction of sp³-hybridized carbons (Fsp3) is 0.357. The molecule has 7 heteroatoms. The van der Waals surface area contributed by atoms with Crippen molar-refractivity contribution >= 4 is 0 Å². The number of hydrogen-bond acceptors (Lipinski definition) is 3. The quantitative estimate of drug-likeness (QED) is 0.835. The number of aromatic nitrogens is 2. The van der Waals surface area contributed by atoms with E-state index in [2.05, 4.69) is 5.10 Å². The third-order valence-corrected chi connectivity index (χ3v) is 2.92. The number of aryl methyl sites for hydroxylation is 1. The number of hydrogen-bond donors (Lipinski definition) is 1. The van der Waals surface area contributed by atoms with Crippen LogP contribution in [0.5, 0.6) is 5.75 Å². The van der Waals surface area contributed by atoms with Gasteiger partial charge in [0.2, 0.25) is 0 Å². The summed E-state index contributed by atoms with van der Waals surface area (Å²) in [4.78, 5) is 0. The monoisotopic (exact) mass is 299 g/mol. The summed E-state index contributed by atoms with van der Waals surface area (Å²) in [6.07, 6.45) is -1.96. The summed E-state index contributed by atoms with van der Waals surface area (Å²) in [6, 6.07) is 7.38. The molecule has 21 heavy (non-hydrogen) atoms. The maximum absolute atomic E-state index is 12.4. The summed E-state index contributed by atoms with van der Waals surface area (Å²) in [5.74, 6) is 0.712. The van der Waals surface area contributed by atoms with Crippen molar-refractivity contribution in [3.63, 3.8) is 0 Å². The van der Waals surface area contributed by atoms with Crippen molar-refractivity contribution in [2.45, 2.75) is 25.7 Å². The van der Waals surface area contributed by atoms with E-state index in [1.165, 1.54) is 4.68 Å². The van der Waals surface area contributed by atoms with E-state index < -0.39 is 11.7 Å². The Balaban J connectivity index is 1.75. The molecule has 0 bridgehead atoms. The molecule has 0 spiro atoms. The summed E-state index contributed by atoms with van der Waals surface area (Å²) in [7, 11) is 0. The third-order valence-electron chi connectivity index (χ3n) is 2.92. The van der Waals surface area contributed by atoms with Gasteiger partial charge in [-0.1, -0.05) is 12.1 Å². The zero-order valence-corrected chi connectivity index (χ0v) is 11.3. The molecule has 4 nitrogen and oxygen atoms in total. The van der Waals surface area contributed by atoms with Crippen LogP contribution >= 0.6 is 0 Å². The highest BCUT2D eigenvalue weighted by Crippen LogP contribution is 2.28. The molecule has 2 N–H and O–H groups in total. The largest absolute Gasteiger partial charge is 0.494 e. The maximum atomic E-state index is 12.4. The van der Waals surface area contributed by atoms with E-state index in [4.69, 9.17) is 10.5 Å². The van der Waals surface area contributed by atoms with Crippen molar-refractivity contribution in [1.82, 2.24) is 9.78 Å². The molecule has 0 radical (unpaired) electrons. The molecule has 1 aromatic carbocycles. The van der Waals surface area contributed by atoms with E-state index in [1.807, 2.05) is 24.3 Å². The number of halogens is 3. The van der Waals surface area contributed by atoms with Crippen molar-refractivity contribution in [1.29, 1.82) is 0 Å². The van der Waals surface area contributed by atoms with E-state index in [-0.39, 0.29) is 0 Å². The van der Waals surface area contributed by atoms with Crippen LogP contribution in [0.3, 0.4) is 0 Å². The number of alkyl halides is 3. The minimum Gasteiger partial charge on any atom is -0.494 e. The number of ether oxygens (including phenoxy) is 1. The molecule has 114 valence electrons. The molecule has 0 aliphatic rings. The van der Waals surface area contributed by atoms with Crippen molar-refractivity contribution < 1.29 is 17.9 Å². The van der Waals surface area contributed by atoms with Crippen molar-refractivity contribution in [3.05, 3.63) is 47.8 Å². The van der Waals surface area contributed by atoms with Gasteiger partial charge in [0.15, 0.2) is 0 Å². The van der Waals surface area contributed by atoms with Gasteiger partial charge in [0.1, 0.15) is 5.75 Å². The molecule has 0 atom stereocenters. The fourth-order valence-corrected chi connectivity index (χ4v) is 1.77. The van der Waals surface area contributed by atoms with E-state index >= 15 is 0 Å². The van der Waals surface area contributed by atoms with Crippen molar-refractivity contribution in [2.24, 2.45) is 5.73 Å². The summed E-state index contributed by atoms with van der Waals surface area (Å²) in [5.41, 5.74) is 5.77. The van der Waals surface area contributed by atoms with E-state index in [9.17, 15) is 13.2 Å². The molecule has 0 aliphatic heterocycles. The summed E-state index contributed by atoms with van der Waals surface area (Å²) in [5, 5.41) is 3.68. The predicted molar refractivity (Wildman–Crippen MR) is 71.7 cm³/mol. The fourth-order valence-electron chi connectivity index (χ4n) is 1.77. The molecule has 0 saturated heterocycles. The van der Waals surface area contributed by atoms with E-state index in [1.54, 1.807) is 0 Å². The Hall–Kier alpha value is -2.02. The third kappa shape index (κ3) is 4.49. The SMILES string of the molecule is NCc1ccc(OCCCn2cc(C(F)(F)F)cn2)cc1. The van der Waals surface area contributed by atoms with Gasteiger partial charge in [0, 0.05) is 25.7 Å². The Morgan fingerprint density at radius 1 is 1.19 bits per heavy atom. The van der Waals surface area contributed by atoms with Crippen LogP contribution in [-0.2, 0) is 19.3 Å². The average molecular weight is 299 g/mol. The molecule has 1 heterocycles. The number of nitrogens with zero attached hydrogens (tertiary/aromatic N) is 2. The van der Waals surface area contributed by atoms with Crippen LogP contribution in [0, 0.1) is 0 Å². The second kappa shape index (κ2) is 6.62. The van der Waals surface area contributed by atoms with Gasteiger partial charge < -0.3 is 10.5 Å². The van der Waals surface area contributed by atoms with Crippen LogP contribution in [0.4, 0.5) is 13.2 Å². The van der Waals surface area contributed by atoms with Crippen molar-refractivity contribution in [3.8, 4) is 5.75 Å². The first-order valence-corrected chi connectivity index (χ1v) is 6.50. The molecule has 1 aromatic heterocycles. The van der Waals surface area contributed by atoms with E-state index in [0.717, 1.165) is 18.0 Å². The summed E-state index contributed by atoms with van der Waals surface area (Å²) < 4.78 is 43.9. The zero-order chi connectivity index (χ0) is 15.3. The molecular weight excluding hydrogens is 283 g/mol. The lowest BCUT2D eigenvalue weighted by Gasteiger charge is -2.07. The lowest BCUT2D eigenvalue weighted by molar-refractivity contribution is -0.137. The Labute approximate surface area is 120 Å². The number of nitrogens with two attached hydrogens (primary N) is 1. The Kier molecular flexibility index (Phi) is 4.85. The number of rotatable bonds is 6. The van der Waals surface area contributed by atoms with Crippen LogP contribution in [0.1, 0.15) is 17.5 Å². The standard InChI is InChI=1S/C14H16F3N3O/c15-14(16,17)12-9-19-20(10-12)6-1-7-21-13-4-2-11(8-18)3-5-13/h2-5,9-10H,1,6-8,18H2. The molecule has 0 fully saturated rings. The van der Waals surface area contributed by atoms with Gasteiger partial charge in [-0.15, -0.1) is 0 Å². The van der Waals surface area contributed by atoms with Crippen LogP contribution in [0.15, 0.2) is 36.7 Å². The van der Waals surface area contributed by atoms with Crippen LogP contribution in [-0.4, -0.2) is 16.4 Å². The Bertz CT molecular complexity index is 564. The lowest BCUT2D eigenvalue weighted by Crippen LogP contribution is -2.06. The Morgan fingerprint density at radius 2 is 1.90 bits per heavy atom. The lowest BCUT2D eigenvalue weighted by atomic mass is 10.2. The highest BCUT2D eigenvalue weighted by atomic mass is 19.4. The van der Waals surface area contributed by atoms with E-state index in [0.29, 0.717) is 31.9 Å². The number of benzene rings is 1. The molecule has 0 unspecified atom stereocenters. The first-order valence-electron chi connectivity index (χ1n) is 6.50. The van der Waals surface area contributed by atoms with Crippen LogP contribution in [0.2, 0.25) is 0 Å². The molecular formula is C14H16F3N3O. The van der Waals surface area contributed by atoms with Crippen LogP contribution < -0.4 is 10.5 Å². The van der Waals surface area contributed by atoms with Crippen LogP contribution in [0.25, 0.3) is 0 Å². The molecule has 2 aromatic rings. The van der Waals surface area contributed by atoms with Gasteiger partial charge in [0.25, 0.3) is 0 Å². The summed E-state index contributed by atoms with van der Waals surface area (Å²) in [6.45, 7) is 1.25. The summed E-state index contributed by atoms with van der Waals surface area (Å²) >= 11 is 0. The molecule has 0 aliphatic carbocycles. The predicted octanol–water partition coefficient (Wildman–Crippen LogP) is 2.83.